The standard InChI is InChI=1S/C35H26N4O7S6/c1-3-38-29(40)27(51-33(38)47)36-23-15-21-25(49-23)26-22(16-24(50-26)37-28-30(41)39(4-2)34(48)52-28)46-35(21,31(42)44-17-19-11-7-5-8-12-19)32(43)45-18-20-13-9-6-10-14-20/h5-16H,3-4,17-18H2,1-2H3. The van der Waals surface area contributed by atoms with Gasteiger partial charge in [0.2, 0.25) is 0 Å². The Morgan fingerprint density at radius 3 is 1.65 bits per heavy atom. The number of thiophene rings is 2. The van der Waals surface area contributed by atoms with Crippen LogP contribution in [0.25, 0.3) is 9.75 Å². The highest BCUT2D eigenvalue weighted by Gasteiger charge is 2.59. The number of thioether (sulfide) groups is 2. The van der Waals surface area contributed by atoms with Crippen molar-refractivity contribution in [3.63, 3.8) is 0 Å². The number of nitrogens with zero attached hydrogens (tertiary/aromatic N) is 4. The van der Waals surface area contributed by atoms with Crippen LogP contribution in [0.5, 0.6) is 5.75 Å². The maximum Gasteiger partial charge on any atom is 0.367 e. The molecule has 2 fully saturated rings. The summed E-state index contributed by atoms with van der Waals surface area (Å²) in [5.41, 5.74) is -0.908. The van der Waals surface area contributed by atoms with E-state index in [1.807, 2.05) is 26.0 Å². The van der Waals surface area contributed by atoms with E-state index in [1.54, 1.807) is 54.6 Å². The number of benzene rings is 2. The Morgan fingerprint density at radius 1 is 0.731 bits per heavy atom. The minimum Gasteiger partial charge on any atom is -0.458 e. The Morgan fingerprint density at radius 2 is 1.19 bits per heavy atom. The van der Waals surface area contributed by atoms with Crippen molar-refractivity contribution in [1.82, 2.24) is 9.80 Å². The third-order valence-electron chi connectivity index (χ3n) is 7.97. The Kier molecular flexibility index (Phi) is 10.4. The summed E-state index contributed by atoms with van der Waals surface area (Å²) in [4.78, 5) is 68.1. The van der Waals surface area contributed by atoms with E-state index >= 15 is 0 Å². The average molecular weight is 807 g/mol. The zero-order valence-electron chi connectivity index (χ0n) is 27.4. The Balaban J connectivity index is 1.35. The number of hydrogen-bond acceptors (Lipinski definition) is 15. The van der Waals surface area contributed by atoms with Gasteiger partial charge in [0.25, 0.3) is 11.8 Å². The molecule has 0 aliphatic carbocycles. The molecule has 0 atom stereocenters. The van der Waals surface area contributed by atoms with E-state index in [4.69, 9.17) is 38.6 Å². The zero-order valence-corrected chi connectivity index (χ0v) is 32.3. The molecule has 3 aliphatic heterocycles. The van der Waals surface area contributed by atoms with Gasteiger partial charge in [-0.2, -0.15) is 0 Å². The summed E-state index contributed by atoms with van der Waals surface area (Å²) in [6, 6.07) is 21.1. The van der Waals surface area contributed by atoms with Gasteiger partial charge in [0.05, 0.1) is 9.75 Å². The summed E-state index contributed by atoms with van der Waals surface area (Å²) in [5.74, 6) is -2.52. The minimum atomic E-state index is -2.43. The van der Waals surface area contributed by atoms with Crippen molar-refractivity contribution >= 4 is 123 Å². The van der Waals surface area contributed by atoms with Crippen molar-refractivity contribution in [2.45, 2.75) is 32.7 Å². The molecule has 0 saturated carbocycles. The summed E-state index contributed by atoms with van der Waals surface area (Å²) < 4.78 is 18.9. The number of hydrogen-bond donors (Lipinski definition) is 0. The molecule has 3 aliphatic rings. The second-order valence-electron chi connectivity index (χ2n) is 11.2. The average Bonchev–Trinajstić information content (AvgIpc) is 3.89. The molecule has 0 radical (unpaired) electrons. The van der Waals surface area contributed by atoms with E-state index < -0.39 is 17.5 Å². The lowest BCUT2D eigenvalue weighted by atomic mass is 9.91. The Hall–Kier alpha value is -4.26. The van der Waals surface area contributed by atoms with Gasteiger partial charge >= 0.3 is 17.5 Å². The van der Waals surface area contributed by atoms with Gasteiger partial charge in [0, 0.05) is 24.7 Å². The van der Waals surface area contributed by atoms with Gasteiger partial charge in [0.15, 0.2) is 10.1 Å². The van der Waals surface area contributed by atoms with Crippen LogP contribution >= 0.6 is 70.6 Å². The number of rotatable bonds is 10. The molecule has 0 spiro atoms. The molecule has 11 nitrogen and oxygen atoms in total. The molecular formula is C35H26N4O7S6. The van der Waals surface area contributed by atoms with E-state index in [0.29, 0.717) is 52.6 Å². The van der Waals surface area contributed by atoms with Gasteiger partial charge in [-0.15, -0.1) is 22.7 Å². The first kappa shape index (κ1) is 36.1. The maximum absolute atomic E-state index is 14.4. The van der Waals surface area contributed by atoms with Crippen LogP contribution in [0.15, 0.2) is 82.8 Å². The molecule has 2 amide bonds. The van der Waals surface area contributed by atoms with Crippen LogP contribution in [0.4, 0.5) is 10.0 Å². The third kappa shape index (κ3) is 6.72. The van der Waals surface area contributed by atoms with Crippen molar-refractivity contribution < 1.29 is 33.4 Å². The molecule has 0 N–H and O–H groups in total. The fraction of sp³-hybridized carbons (Fsp3) is 0.200. The molecule has 264 valence electrons. The maximum atomic E-state index is 14.4. The van der Waals surface area contributed by atoms with Gasteiger partial charge in [-0.25, -0.2) is 19.6 Å². The fourth-order valence-corrected chi connectivity index (χ4v) is 10.3. The largest absolute Gasteiger partial charge is 0.458 e. The van der Waals surface area contributed by atoms with Crippen molar-refractivity contribution in [3.05, 3.63) is 89.5 Å². The lowest BCUT2D eigenvalue weighted by Crippen LogP contribution is -2.51. The van der Waals surface area contributed by atoms with Crippen molar-refractivity contribution in [1.29, 1.82) is 0 Å². The summed E-state index contributed by atoms with van der Waals surface area (Å²) in [6.45, 7) is 4.12. The number of carbonyl (C=O) groups is 4. The topological polar surface area (TPSA) is 127 Å². The first-order valence-corrected chi connectivity index (χ1v) is 19.9. The monoisotopic (exact) mass is 806 g/mol. The molecule has 5 heterocycles. The van der Waals surface area contributed by atoms with Crippen molar-refractivity contribution in [2.24, 2.45) is 9.98 Å². The Labute approximate surface area is 325 Å². The SMILES string of the molecule is CCN1C(=O)C(=Nc2cc3c(s2)-c2sc(N=C4SC(=S)N(CC)C4=O)cc2C(C(=O)OCc2ccccc2)(C(=O)OCc2ccccc2)O3)SC1=S. The molecule has 2 saturated heterocycles. The molecule has 52 heavy (non-hydrogen) atoms. The summed E-state index contributed by atoms with van der Waals surface area (Å²) in [7, 11) is 0. The lowest BCUT2D eigenvalue weighted by Gasteiger charge is -2.33. The lowest BCUT2D eigenvalue weighted by molar-refractivity contribution is -0.183. The number of esters is 2. The number of amides is 2. The first-order chi connectivity index (χ1) is 25.1. The summed E-state index contributed by atoms with van der Waals surface area (Å²) in [6.07, 6.45) is 0. The highest BCUT2D eigenvalue weighted by molar-refractivity contribution is 8.35. The van der Waals surface area contributed by atoms with E-state index in [9.17, 15) is 19.2 Å². The molecule has 0 bridgehead atoms. The number of aliphatic imine (C=N–C) groups is 2. The highest BCUT2D eigenvalue weighted by atomic mass is 32.2. The molecule has 7 rings (SSSR count). The van der Waals surface area contributed by atoms with Crippen LogP contribution in [0, 0.1) is 0 Å². The van der Waals surface area contributed by atoms with Gasteiger partial charge < -0.3 is 14.2 Å². The number of fused-ring (bicyclic) bond motifs is 3. The smallest absolute Gasteiger partial charge is 0.367 e. The van der Waals surface area contributed by atoms with Crippen LogP contribution in [-0.4, -0.2) is 65.4 Å². The molecule has 17 heteroatoms. The number of ether oxygens (including phenoxy) is 3. The van der Waals surface area contributed by atoms with E-state index in [0.717, 1.165) is 34.9 Å². The molecule has 4 aromatic rings. The highest BCUT2D eigenvalue weighted by Crippen LogP contribution is 2.57. The molecule has 0 unspecified atom stereocenters. The third-order valence-corrected chi connectivity index (χ3v) is 12.8. The van der Waals surface area contributed by atoms with Crippen molar-refractivity contribution in [2.75, 3.05) is 13.1 Å². The van der Waals surface area contributed by atoms with Gasteiger partial charge in [-0.05, 0) is 54.6 Å². The zero-order chi connectivity index (χ0) is 36.6. The van der Waals surface area contributed by atoms with Crippen LogP contribution < -0.4 is 4.74 Å². The summed E-state index contributed by atoms with van der Waals surface area (Å²) >= 11 is 15.3. The van der Waals surface area contributed by atoms with Gasteiger partial charge in [-0.3, -0.25) is 19.4 Å². The molecule has 2 aromatic carbocycles. The Bertz CT molecular complexity index is 2140. The van der Waals surface area contributed by atoms with E-state index in [2.05, 4.69) is 9.98 Å². The first-order valence-electron chi connectivity index (χ1n) is 15.8. The van der Waals surface area contributed by atoms with Crippen LogP contribution in [0.1, 0.15) is 30.5 Å². The number of carbonyl (C=O) groups excluding carboxylic acids is 4. The van der Waals surface area contributed by atoms with Crippen LogP contribution in [-0.2, 0) is 47.5 Å². The van der Waals surface area contributed by atoms with E-state index in [-0.39, 0.29) is 46.4 Å². The summed E-state index contributed by atoms with van der Waals surface area (Å²) in [5, 5.41) is 1.04. The molecular weight excluding hydrogens is 781 g/mol. The van der Waals surface area contributed by atoms with Gasteiger partial charge in [-0.1, -0.05) is 85.1 Å². The second-order valence-corrected chi connectivity index (χ2v) is 16.5. The van der Waals surface area contributed by atoms with Gasteiger partial charge in [0.1, 0.15) is 37.6 Å². The normalized spacial score (nSPS) is 17.8. The van der Waals surface area contributed by atoms with Crippen LogP contribution in [0.2, 0.25) is 0 Å². The minimum absolute atomic E-state index is 0.136. The number of thiocarbonyl (C=S) groups is 2. The quantitative estimate of drug-likeness (QED) is 0.0906. The second kappa shape index (κ2) is 15.0. The predicted octanol–water partition coefficient (Wildman–Crippen LogP) is 7.37. The predicted molar refractivity (Wildman–Crippen MR) is 212 cm³/mol. The van der Waals surface area contributed by atoms with Crippen LogP contribution in [0.3, 0.4) is 0 Å². The van der Waals surface area contributed by atoms with E-state index in [1.165, 1.54) is 27.2 Å². The van der Waals surface area contributed by atoms with Crippen molar-refractivity contribution in [3.8, 4) is 15.5 Å². The molecule has 2 aromatic heterocycles. The fourth-order valence-electron chi connectivity index (χ4n) is 5.42.